The number of aromatic nitrogens is 3. The average Bonchev–Trinajstić information content (AvgIpc) is 2.89. The van der Waals surface area contributed by atoms with E-state index in [1.54, 1.807) is 22.8 Å². The van der Waals surface area contributed by atoms with Gasteiger partial charge in [0.2, 0.25) is 10.0 Å². The van der Waals surface area contributed by atoms with Gasteiger partial charge in [-0.05, 0) is 36.1 Å². The number of sulfonamides is 1. The van der Waals surface area contributed by atoms with Crippen LogP contribution >= 0.6 is 0 Å². The number of rotatable bonds is 4. The highest BCUT2D eigenvalue weighted by molar-refractivity contribution is 7.89. The van der Waals surface area contributed by atoms with Gasteiger partial charge in [-0.2, -0.15) is 0 Å². The van der Waals surface area contributed by atoms with Crippen molar-refractivity contribution in [1.29, 1.82) is 0 Å². The molecule has 0 aliphatic heterocycles. The number of benzene rings is 1. The molecule has 2 aromatic heterocycles. The molecule has 0 spiro atoms. The van der Waals surface area contributed by atoms with Crippen molar-refractivity contribution in [2.45, 2.75) is 25.2 Å². The standard InChI is InChI=1S/C16H18N4O2S/c1-11(2)9-12-6-7-13(10-14(12)23(17,21)22)16-18-15-5-3-4-8-20(15)19-16/h3-8,10-11H,9H2,1-2H3,(H2,17,21,22). The van der Waals surface area contributed by atoms with E-state index in [1.165, 1.54) is 0 Å². The molecular formula is C16H18N4O2S. The van der Waals surface area contributed by atoms with Crippen LogP contribution in [0.15, 0.2) is 47.5 Å². The van der Waals surface area contributed by atoms with E-state index in [0.717, 1.165) is 5.56 Å². The third-order valence-electron chi connectivity index (χ3n) is 3.50. The van der Waals surface area contributed by atoms with Crippen molar-refractivity contribution in [3.63, 3.8) is 0 Å². The topological polar surface area (TPSA) is 90.3 Å². The lowest BCUT2D eigenvalue weighted by Gasteiger charge is -2.11. The Labute approximate surface area is 135 Å². The highest BCUT2D eigenvalue weighted by atomic mass is 32.2. The Bertz CT molecular complexity index is 928. The summed E-state index contributed by atoms with van der Waals surface area (Å²) in [6.45, 7) is 4.06. The molecule has 0 saturated heterocycles. The minimum atomic E-state index is -3.80. The summed E-state index contributed by atoms with van der Waals surface area (Å²) in [5.41, 5.74) is 2.05. The Morgan fingerprint density at radius 2 is 2.00 bits per heavy atom. The summed E-state index contributed by atoms with van der Waals surface area (Å²) in [6.07, 6.45) is 2.43. The lowest BCUT2D eigenvalue weighted by atomic mass is 10.0. The molecule has 2 heterocycles. The fourth-order valence-corrected chi connectivity index (χ4v) is 3.33. The van der Waals surface area contributed by atoms with Crippen molar-refractivity contribution in [2.75, 3.05) is 0 Å². The van der Waals surface area contributed by atoms with E-state index in [-0.39, 0.29) is 4.90 Å². The van der Waals surface area contributed by atoms with Crippen LogP contribution in [0, 0.1) is 5.92 Å². The van der Waals surface area contributed by atoms with Crippen LogP contribution in [-0.2, 0) is 16.4 Å². The smallest absolute Gasteiger partial charge is 0.225 e. The molecule has 0 saturated carbocycles. The molecule has 3 rings (SSSR count). The summed E-state index contributed by atoms with van der Waals surface area (Å²) in [4.78, 5) is 4.55. The fourth-order valence-electron chi connectivity index (χ4n) is 2.52. The number of primary sulfonamides is 1. The minimum Gasteiger partial charge on any atom is -0.225 e. The van der Waals surface area contributed by atoms with Gasteiger partial charge in [0.05, 0.1) is 4.90 Å². The van der Waals surface area contributed by atoms with Crippen LogP contribution in [0.4, 0.5) is 0 Å². The normalized spacial score (nSPS) is 12.2. The van der Waals surface area contributed by atoms with Crippen LogP contribution in [0.3, 0.4) is 0 Å². The maximum atomic E-state index is 11.9. The van der Waals surface area contributed by atoms with Crippen molar-refractivity contribution < 1.29 is 8.42 Å². The van der Waals surface area contributed by atoms with Gasteiger partial charge in [-0.1, -0.05) is 32.0 Å². The molecule has 0 aliphatic carbocycles. The van der Waals surface area contributed by atoms with E-state index in [2.05, 4.69) is 10.1 Å². The summed E-state index contributed by atoms with van der Waals surface area (Å²) < 4.78 is 25.5. The quantitative estimate of drug-likeness (QED) is 0.794. The van der Waals surface area contributed by atoms with E-state index < -0.39 is 10.0 Å². The molecule has 0 unspecified atom stereocenters. The Balaban J connectivity index is 2.13. The van der Waals surface area contributed by atoms with Gasteiger partial charge < -0.3 is 0 Å². The first-order valence-electron chi connectivity index (χ1n) is 7.32. The van der Waals surface area contributed by atoms with E-state index in [0.29, 0.717) is 29.4 Å². The van der Waals surface area contributed by atoms with Crippen LogP contribution in [0.2, 0.25) is 0 Å². The summed E-state index contributed by atoms with van der Waals surface area (Å²) in [7, 11) is -3.80. The van der Waals surface area contributed by atoms with Crippen LogP contribution in [0.5, 0.6) is 0 Å². The zero-order valence-corrected chi connectivity index (χ0v) is 13.8. The Kier molecular flexibility index (Phi) is 3.91. The first-order chi connectivity index (χ1) is 10.8. The number of fused-ring (bicyclic) bond motifs is 1. The minimum absolute atomic E-state index is 0.141. The number of hydrogen-bond acceptors (Lipinski definition) is 4. The zero-order chi connectivity index (χ0) is 16.6. The summed E-state index contributed by atoms with van der Waals surface area (Å²) in [5, 5.41) is 9.75. The van der Waals surface area contributed by atoms with Gasteiger partial charge in [0, 0.05) is 11.8 Å². The Morgan fingerprint density at radius 1 is 1.22 bits per heavy atom. The van der Waals surface area contributed by atoms with Gasteiger partial charge in [0.1, 0.15) is 0 Å². The molecule has 0 fully saturated rings. The third kappa shape index (κ3) is 3.25. The van der Waals surface area contributed by atoms with Crippen molar-refractivity contribution >= 4 is 15.7 Å². The van der Waals surface area contributed by atoms with Crippen molar-refractivity contribution in [3.8, 4) is 11.4 Å². The molecule has 0 amide bonds. The predicted octanol–water partition coefficient (Wildman–Crippen LogP) is 2.24. The first-order valence-corrected chi connectivity index (χ1v) is 8.87. The molecule has 0 bridgehead atoms. The molecule has 120 valence electrons. The van der Waals surface area contributed by atoms with Crippen LogP contribution in [0.1, 0.15) is 19.4 Å². The lowest BCUT2D eigenvalue weighted by molar-refractivity contribution is 0.592. The molecule has 6 nitrogen and oxygen atoms in total. The van der Waals surface area contributed by atoms with Crippen molar-refractivity contribution in [2.24, 2.45) is 11.1 Å². The SMILES string of the molecule is CC(C)Cc1ccc(-c2nc3ccccn3n2)cc1S(N)(=O)=O. The maximum absolute atomic E-state index is 11.9. The number of hydrogen-bond donors (Lipinski definition) is 1. The zero-order valence-electron chi connectivity index (χ0n) is 13.0. The predicted molar refractivity (Wildman–Crippen MR) is 88.3 cm³/mol. The van der Waals surface area contributed by atoms with Crippen LogP contribution in [0.25, 0.3) is 17.0 Å². The van der Waals surface area contributed by atoms with Crippen LogP contribution < -0.4 is 5.14 Å². The highest BCUT2D eigenvalue weighted by Crippen LogP contribution is 2.25. The summed E-state index contributed by atoms with van der Waals surface area (Å²) in [6, 6.07) is 10.7. The van der Waals surface area contributed by atoms with Gasteiger partial charge in [-0.25, -0.2) is 23.1 Å². The Hall–Kier alpha value is -2.25. The molecule has 0 radical (unpaired) electrons. The maximum Gasteiger partial charge on any atom is 0.238 e. The highest BCUT2D eigenvalue weighted by Gasteiger charge is 2.17. The molecular weight excluding hydrogens is 312 g/mol. The van der Waals surface area contributed by atoms with Crippen LogP contribution in [-0.4, -0.2) is 23.0 Å². The van der Waals surface area contributed by atoms with Gasteiger partial charge in [0.15, 0.2) is 11.5 Å². The van der Waals surface area contributed by atoms with E-state index in [4.69, 9.17) is 5.14 Å². The molecule has 3 aromatic rings. The monoisotopic (exact) mass is 330 g/mol. The van der Waals surface area contributed by atoms with Gasteiger partial charge >= 0.3 is 0 Å². The second-order valence-corrected chi connectivity index (χ2v) is 7.43. The average molecular weight is 330 g/mol. The summed E-state index contributed by atoms with van der Waals surface area (Å²) >= 11 is 0. The number of pyridine rings is 1. The second-order valence-electron chi connectivity index (χ2n) is 5.90. The van der Waals surface area contributed by atoms with Gasteiger partial charge in [0.25, 0.3) is 0 Å². The number of nitrogens with zero attached hydrogens (tertiary/aromatic N) is 3. The van der Waals surface area contributed by atoms with E-state index in [9.17, 15) is 8.42 Å². The molecule has 23 heavy (non-hydrogen) atoms. The molecule has 2 N–H and O–H groups in total. The molecule has 0 atom stereocenters. The van der Waals surface area contributed by atoms with E-state index in [1.807, 2.05) is 38.1 Å². The number of nitrogens with two attached hydrogens (primary N) is 1. The molecule has 7 heteroatoms. The van der Waals surface area contributed by atoms with Crippen molar-refractivity contribution in [3.05, 3.63) is 48.2 Å². The second kappa shape index (κ2) is 5.75. The van der Waals surface area contributed by atoms with Gasteiger partial charge in [-0.15, -0.1) is 5.10 Å². The van der Waals surface area contributed by atoms with Gasteiger partial charge in [-0.3, -0.25) is 0 Å². The first kappa shape index (κ1) is 15.6. The molecule has 1 aromatic carbocycles. The third-order valence-corrected chi connectivity index (χ3v) is 4.49. The molecule has 0 aliphatic rings. The largest absolute Gasteiger partial charge is 0.238 e. The van der Waals surface area contributed by atoms with Crippen molar-refractivity contribution in [1.82, 2.24) is 14.6 Å². The van der Waals surface area contributed by atoms with E-state index >= 15 is 0 Å². The fraction of sp³-hybridized carbons (Fsp3) is 0.250. The summed E-state index contributed by atoms with van der Waals surface area (Å²) in [5.74, 6) is 0.798. The Morgan fingerprint density at radius 3 is 2.65 bits per heavy atom. The lowest BCUT2D eigenvalue weighted by Crippen LogP contribution is -2.15.